The van der Waals surface area contributed by atoms with Crippen molar-refractivity contribution >= 4 is 20.1 Å². The number of hydrogen-bond acceptors (Lipinski definition) is 4. The van der Waals surface area contributed by atoms with Crippen LogP contribution in [0.4, 0.5) is 4.79 Å². The van der Waals surface area contributed by atoms with Crippen LogP contribution in [0.3, 0.4) is 0 Å². The lowest BCUT2D eigenvalue weighted by Crippen LogP contribution is -2.36. The van der Waals surface area contributed by atoms with Gasteiger partial charge in [-0.25, -0.2) is 4.79 Å². The molecule has 0 aromatic carbocycles. The van der Waals surface area contributed by atoms with Crippen LogP contribution in [0.2, 0.25) is 19.6 Å². The van der Waals surface area contributed by atoms with E-state index in [1.54, 1.807) is 27.7 Å². The zero-order valence-electron chi connectivity index (χ0n) is 13.6. The molecule has 0 saturated carbocycles. The zero-order chi connectivity index (χ0) is 16.0. The van der Waals surface area contributed by atoms with Crippen molar-refractivity contribution in [1.82, 2.24) is 5.32 Å². The number of esters is 1. The van der Waals surface area contributed by atoms with Gasteiger partial charge in [-0.1, -0.05) is 31.4 Å². The fourth-order valence-electron chi connectivity index (χ4n) is 1.17. The minimum atomic E-state index is -1.30. The molecule has 1 amide bonds. The van der Waals surface area contributed by atoms with Gasteiger partial charge in [0.1, 0.15) is 18.2 Å². The molecule has 0 aliphatic rings. The summed E-state index contributed by atoms with van der Waals surface area (Å²) in [5.74, 6) is -0.483. The Kier molecular flexibility index (Phi) is 6.98. The third-order valence-electron chi connectivity index (χ3n) is 1.96. The molecule has 0 rings (SSSR count). The number of carbonyl (C=O) groups excluding carboxylic acids is 2. The zero-order valence-corrected chi connectivity index (χ0v) is 14.6. The molecule has 0 saturated heterocycles. The highest BCUT2D eigenvalue weighted by molar-refractivity contribution is 6.80. The highest BCUT2D eigenvalue weighted by Gasteiger charge is 2.17. The van der Waals surface area contributed by atoms with Gasteiger partial charge in [-0.2, -0.15) is 0 Å². The number of nitrogens with one attached hydrogen (secondary N) is 1. The molecular formula is C14H27NO4Si. The smallest absolute Gasteiger partial charge is 0.408 e. The van der Waals surface area contributed by atoms with Crippen LogP contribution in [-0.4, -0.2) is 38.4 Å². The van der Waals surface area contributed by atoms with Crippen LogP contribution in [-0.2, 0) is 14.3 Å². The number of rotatable bonds is 5. The average Bonchev–Trinajstić information content (AvgIpc) is 2.20. The van der Waals surface area contributed by atoms with Gasteiger partial charge < -0.3 is 14.8 Å². The summed E-state index contributed by atoms with van der Waals surface area (Å²) in [5, 5.41) is 2.37. The summed E-state index contributed by atoms with van der Waals surface area (Å²) in [5.41, 5.74) is 1.54. The maximum atomic E-state index is 11.5. The molecule has 0 spiro atoms. The highest BCUT2D eigenvalue weighted by atomic mass is 28.3. The van der Waals surface area contributed by atoms with E-state index in [2.05, 4.69) is 30.7 Å². The van der Waals surface area contributed by atoms with Gasteiger partial charge in [-0.05, 0) is 27.7 Å². The van der Waals surface area contributed by atoms with Crippen LogP contribution in [0, 0.1) is 0 Å². The monoisotopic (exact) mass is 301 g/mol. The minimum absolute atomic E-state index is 0.194. The van der Waals surface area contributed by atoms with Crippen molar-refractivity contribution in [2.24, 2.45) is 0 Å². The first-order chi connectivity index (χ1) is 8.89. The van der Waals surface area contributed by atoms with Crippen molar-refractivity contribution in [1.29, 1.82) is 0 Å². The van der Waals surface area contributed by atoms with Crippen molar-refractivity contribution in [2.75, 3.05) is 6.54 Å². The van der Waals surface area contributed by atoms with E-state index in [0.717, 1.165) is 0 Å². The summed E-state index contributed by atoms with van der Waals surface area (Å²) >= 11 is 0. The summed E-state index contributed by atoms with van der Waals surface area (Å²) in [6, 6.07) is 0. The standard InChI is InChI=1S/C14H27NO4Si/c1-11(8-9-20(5,6)7)18-12(16)10-15-13(17)19-14(2,3)4/h8-9,11H,10H2,1-7H3,(H,15,17)/b9-8+. The van der Waals surface area contributed by atoms with Crippen LogP contribution in [0.25, 0.3) is 0 Å². The van der Waals surface area contributed by atoms with Crippen molar-refractivity contribution in [3.8, 4) is 0 Å². The Labute approximate surface area is 122 Å². The summed E-state index contributed by atoms with van der Waals surface area (Å²) < 4.78 is 10.2. The van der Waals surface area contributed by atoms with Gasteiger partial charge in [0.25, 0.3) is 0 Å². The fraction of sp³-hybridized carbons (Fsp3) is 0.714. The lowest BCUT2D eigenvalue weighted by atomic mass is 10.2. The first kappa shape index (κ1) is 18.7. The van der Waals surface area contributed by atoms with E-state index < -0.39 is 25.7 Å². The molecular weight excluding hydrogens is 274 g/mol. The van der Waals surface area contributed by atoms with E-state index in [-0.39, 0.29) is 12.6 Å². The van der Waals surface area contributed by atoms with Crippen LogP contribution in [0.15, 0.2) is 11.8 Å². The van der Waals surface area contributed by atoms with Gasteiger partial charge >= 0.3 is 12.1 Å². The molecule has 0 aliphatic carbocycles. The second-order valence-electron chi connectivity index (χ2n) is 6.78. The third kappa shape index (κ3) is 11.8. The van der Waals surface area contributed by atoms with E-state index >= 15 is 0 Å². The molecule has 0 aromatic rings. The average molecular weight is 301 g/mol. The number of amides is 1. The van der Waals surface area contributed by atoms with Gasteiger partial charge in [0.05, 0.1) is 8.07 Å². The Balaban J connectivity index is 4.06. The van der Waals surface area contributed by atoms with E-state index in [9.17, 15) is 9.59 Å². The summed E-state index contributed by atoms with van der Waals surface area (Å²) in [4.78, 5) is 22.9. The summed E-state index contributed by atoms with van der Waals surface area (Å²) in [6.45, 7) is 13.5. The summed E-state index contributed by atoms with van der Waals surface area (Å²) in [6.07, 6.45) is 0.965. The van der Waals surface area contributed by atoms with Crippen molar-refractivity contribution in [3.63, 3.8) is 0 Å². The lowest BCUT2D eigenvalue weighted by Gasteiger charge is -2.19. The van der Waals surface area contributed by atoms with Gasteiger partial charge in [0.2, 0.25) is 0 Å². The molecule has 116 valence electrons. The first-order valence-corrected chi connectivity index (χ1v) is 10.3. The molecule has 1 unspecified atom stereocenters. The number of carbonyl (C=O) groups is 2. The van der Waals surface area contributed by atoms with Gasteiger partial charge in [0.15, 0.2) is 0 Å². The maximum Gasteiger partial charge on any atom is 0.408 e. The molecule has 1 N–H and O–H groups in total. The second kappa shape index (κ2) is 7.47. The highest BCUT2D eigenvalue weighted by Crippen LogP contribution is 2.06. The Bertz CT molecular complexity index is 366. The predicted molar refractivity (Wildman–Crippen MR) is 82.3 cm³/mol. The second-order valence-corrected chi connectivity index (χ2v) is 11.8. The Hall–Kier alpha value is -1.30. The predicted octanol–water partition coefficient (Wildman–Crippen LogP) is 2.88. The molecule has 0 bridgehead atoms. The van der Waals surface area contributed by atoms with E-state index in [1.807, 2.05) is 6.08 Å². The van der Waals surface area contributed by atoms with Crippen molar-refractivity contribution in [3.05, 3.63) is 11.8 Å². The summed E-state index contributed by atoms with van der Waals surface area (Å²) in [7, 11) is -1.30. The molecule has 0 aromatic heterocycles. The van der Waals surface area contributed by atoms with E-state index in [1.165, 1.54) is 0 Å². The number of ether oxygens (including phenoxy) is 2. The van der Waals surface area contributed by atoms with Gasteiger partial charge in [-0.3, -0.25) is 4.79 Å². The molecule has 0 heterocycles. The molecule has 5 nitrogen and oxygen atoms in total. The SMILES string of the molecule is CC(/C=C/[Si](C)(C)C)OC(=O)CNC(=O)OC(C)(C)C. The van der Waals surface area contributed by atoms with Crippen LogP contribution in [0.5, 0.6) is 0 Å². The molecule has 0 fully saturated rings. The van der Waals surface area contributed by atoms with Gasteiger partial charge in [0, 0.05) is 0 Å². The Morgan fingerprint density at radius 3 is 2.25 bits per heavy atom. The van der Waals surface area contributed by atoms with Crippen molar-refractivity contribution in [2.45, 2.75) is 59.0 Å². The first-order valence-electron chi connectivity index (χ1n) is 6.75. The number of alkyl carbamates (subject to hydrolysis) is 1. The van der Waals surface area contributed by atoms with Crippen LogP contribution in [0.1, 0.15) is 27.7 Å². The van der Waals surface area contributed by atoms with E-state index in [0.29, 0.717) is 0 Å². The number of hydrogen-bond donors (Lipinski definition) is 1. The van der Waals surface area contributed by atoms with Crippen molar-refractivity contribution < 1.29 is 19.1 Å². The third-order valence-corrected chi connectivity index (χ3v) is 3.15. The molecule has 20 heavy (non-hydrogen) atoms. The Morgan fingerprint density at radius 2 is 1.80 bits per heavy atom. The minimum Gasteiger partial charge on any atom is -0.457 e. The topological polar surface area (TPSA) is 64.6 Å². The normalized spacial score (nSPS) is 13.9. The fourth-order valence-corrected chi connectivity index (χ4v) is 2.02. The van der Waals surface area contributed by atoms with Crippen LogP contribution >= 0.6 is 0 Å². The maximum absolute atomic E-state index is 11.5. The molecule has 6 heteroatoms. The van der Waals surface area contributed by atoms with E-state index in [4.69, 9.17) is 9.47 Å². The largest absolute Gasteiger partial charge is 0.457 e. The molecule has 1 atom stereocenters. The van der Waals surface area contributed by atoms with Gasteiger partial charge in [-0.15, -0.1) is 0 Å². The Morgan fingerprint density at radius 1 is 1.25 bits per heavy atom. The quantitative estimate of drug-likeness (QED) is 0.626. The molecule has 0 radical (unpaired) electrons. The lowest BCUT2D eigenvalue weighted by molar-refractivity contribution is -0.145. The molecule has 0 aliphatic heterocycles. The van der Waals surface area contributed by atoms with Crippen LogP contribution < -0.4 is 5.32 Å².